The third-order valence-corrected chi connectivity index (χ3v) is 6.41. The summed E-state index contributed by atoms with van der Waals surface area (Å²) in [4.78, 5) is 4.93. The van der Waals surface area contributed by atoms with Crippen LogP contribution in [-0.2, 0) is 5.54 Å². The van der Waals surface area contributed by atoms with E-state index >= 15 is 0 Å². The fourth-order valence-electron chi connectivity index (χ4n) is 2.86. The average molecular weight is 299 g/mol. The van der Waals surface area contributed by atoms with Crippen LogP contribution < -0.4 is 5.32 Å². The first kappa shape index (κ1) is 15.3. The Hall–Kier alpha value is -0.0600. The second-order valence-electron chi connectivity index (χ2n) is 6.68. The van der Waals surface area contributed by atoms with Crippen molar-refractivity contribution < 1.29 is 0 Å². The summed E-state index contributed by atoms with van der Waals surface area (Å²) in [6.07, 6.45) is 1.19. The topological polar surface area (TPSA) is 24.9 Å². The molecule has 2 heterocycles. The fraction of sp³-hybridized carbons (Fsp3) is 0.800. The Morgan fingerprint density at radius 1 is 1.37 bits per heavy atom. The standard InChI is InChI=1S/C15H26N2S2/c1-6-16-15(8-14(4,5)9-18-10-15)13-17-12(7-19-13)11(2)3/h7,11,16H,6,8-10H2,1-5H3. The number of nitrogens with zero attached hydrogens (tertiary/aromatic N) is 1. The average Bonchev–Trinajstić information content (AvgIpc) is 2.77. The predicted molar refractivity (Wildman–Crippen MR) is 87.3 cm³/mol. The van der Waals surface area contributed by atoms with Crippen LogP contribution in [0.1, 0.15) is 57.7 Å². The van der Waals surface area contributed by atoms with E-state index in [9.17, 15) is 0 Å². The van der Waals surface area contributed by atoms with Gasteiger partial charge in [0.1, 0.15) is 5.01 Å². The van der Waals surface area contributed by atoms with Crippen LogP contribution in [0.25, 0.3) is 0 Å². The summed E-state index contributed by atoms with van der Waals surface area (Å²) >= 11 is 3.90. The Balaban J connectivity index is 2.32. The smallest absolute Gasteiger partial charge is 0.114 e. The lowest BCUT2D eigenvalue weighted by atomic mass is 9.80. The number of nitrogens with one attached hydrogen (secondary N) is 1. The molecule has 108 valence electrons. The van der Waals surface area contributed by atoms with Crippen LogP contribution in [-0.4, -0.2) is 23.0 Å². The van der Waals surface area contributed by atoms with E-state index in [1.807, 2.05) is 11.3 Å². The Morgan fingerprint density at radius 2 is 2.11 bits per heavy atom. The van der Waals surface area contributed by atoms with E-state index in [4.69, 9.17) is 4.98 Å². The zero-order valence-electron chi connectivity index (χ0n) is 12.7. The molecule has 1 aromatic rings. The molecule has 0 aromatic carbocycles. The maximum absolute atomic E-state index is 4.93. The normalized spacial score (nSPS) is 26.8. The highest BCUT2D eigenvalue weighted by Gasteiger charge is 2.43. The maximum atomic E-state index is 4.93. The van der Waals surface area contributed by atoms with Crippen LogP contribution in [0, 0.1) is 5.41 Å². The van der Waals surface area contributed by atoms with Crippen molar-refractivity contribution >= 4 is 23.1 Å². The van der Waals surface area contributed by atoms with Gasteiger partial charge < -0.3 is 5.32 Å². The lowest BCUT2D eigenvalue weighted by molar-refractivity contribution is 0.227. The molecule has 19 heavy (non-hydrogen) atoms. The summed E-state index contributed by atoms with van der Waals surface area (Å²) in [5.41, 5.74) is 1.71. The third kappa shape index (κ3) is 3.34. The van der Waals surface area contributed by atoms with Gasteiger partial charge in [0.25, 0.3) is 0 Å². The zero-order chi connectivity index (χ0) is 14.1. The van der Waals surface area contributed by atoms with E-state index in [2.05, 4.69) is 57.1 Å². The minimum absolute atomic E-state index is 0.0823. The van der Waals surface area contributed by atoms with Crippen LogP contribution in [0.2, 0.25) is 0 Å². The molecule has 1 aliphatic heterocycles. The molecule has 4 heteroatoms. The van der Waals surface area contributed by atoms with Crippen LogP contribution in [0.5, 0.6) is 0 Å². The lowest BCUT2D eigenvalue weighted by Gasteiger charge is -2.44. The van der Waals surface area contributed by atoms with Crippen molar-refractivity contribution in [2.24, 2.45) is 5.41 Å². The maximum Gasteiger partial charge on any atom is 0.114 e. The molecule has 1 aromatic heterocycles. The molecular weight excluding hydrogens is 272 g/mol. The van der Waals surface area contributed by atoms with Gasteiger partial charge >= 0.3 is 0 Å². The van der Waals surface area contributed by atoms with E-state index in [-0.39, 0.29) is 5.54 Å². The second-order valence-corrected chi connectivity index (χ2v) is 8.52. The quantitative estimate of drug-likeness (QED) is 0.900. The monoisotopic (exact) mass is 298 g/mol. The van der Waals surface area contributed by atoms with Crippen LogP contribution in [0.15, 0.2) is 5.38 Å². The lowest BCUT2D eigenvalue weighted by Crippen LogP contribution is -2.50. The van der Waals surface area contributed by atoms with E-state index in [0.29, 0.717) is 11.3 Å². The molecule has 0 radical (unpaired) electrons. The number of rotatable bonds is 4. The molecule has 2 rings (SSSR count). The Morgan fingerprint density at radius 3 is 2.63 bits per heavy atom. The number of hydrogen-bond donors (Lipinski definition) is 1. The van der Waals surface area contributed by atoms with Gasteiger partial charge in [-0.25, -0.2) is 4.98 Å². The van der Waals surface area contributed by atoms with E-state index < -0.39 is 0 Å². The molecule has 1 N–H and O–H groups in total. The van der Waals surface area contributed by atoms with Gasteiger partial charge in [0.05, 0.1) is 11.2 Å². The molecule has 1 aliphatic rings. The van der Waals surface area contributed by atoms with Gasteiger partial charge in [-0.3, -0.25) is 0 Å². The van der Waals surface area contributed by atoms with E-state index in [1.165, 1.54) is 22.9 Å². The van der Waals surface area contributed by atoms with E-state index in [0.717, 1.165) is 12.3 Å². The molecule has 1 unspecified atom stereocenters. The van der Waals surface area contributed by atoms with Crippen molar-refractivity contribution in [1.29, 1.82) is 0 Å². The number of aromatic nitrogens is 1. The highest BCUT2D eigenvalue weighted by molar-refractivity contribution is 7.99. The fourth-order valence-corrected chi connectivity index (χ4v) is 5.55. The molecule has 0 aliphatic carbocycles. The summed E-state index contributed by atoms with van der Waals surface area (Å²) < 4.78 is 0. The molecule has 1 fully saturated rings. The largest absolute Gasteiger partial charge is 0.305 e. The number of hydrogen-bond acceptors (Lipinski definition) is 4. The van der Waals surface area contributed by atoms with E-state index in [1.54, 1.807) is 0 Å². The Labute approximate surface area is 125 Å². The molecule has 1 atom stereocenters. The van der Waals surface area contributed by atoms with Gasteiger partial charge in [-0.1, -0.05) is 34.6 Å². The highest BCUT2D eigenvalue weighted by Crippen LogP contribution is 2.45. The summed E-state index contributed by atoms with van der Waals surface area (Å²) in [5, 5.41) is 7.28. The highest BCUT2D eigenvalue weighted by atomic mass is 32.2. The van der Waals surface area contributed by atoms with Crippen molar-refractivity contribution in [3.8, 4) is 0 Å². The van der Waals surface area contributed by atoms with Gasteiger partial charge in [-0.15, -0.1) is 11.3 Å². The Kier molecular flexibility index (Phi) is 4.63. The number of thiazole rings is 1. The van der Waals surface area contributed by atoms with Crippen molar-refractivity contribution in [2.45, 2.75) is 52.5 Å². The molecule has 0 bridgehead atoms. The SMILES string of the molecule is CCNC1(c2nc(C(C)C)cs2)CSCC(C)(C)C1. The van der Waals surface area contributed by atoms with Crippen molar-refractivity contribution in [2.75, 3.05) is 18.1 Å². The summed E-state index contributed by atoms with van der Waals surface area (Å²) in [6, 6.07) is 0. The van der Waals surface area contributed by atoms with Gasteiger partial charge in [-0.05, 0) is 30.1 Å². The molecule has 0 amide bonds. The molecule has 0 saturated carbocycles. The van der Waals surface area contributed by atoms with Crippen LogP contribution >= 0.6 is 23.1 Å². The third-order valence-electron chi connectivity index (χ3n) is 3.66. The minimum Gasteiger partial charge on any atom is -0.305 e. The zero-order valence-corrected chi connectivity index (χ0v) is 14.4. The first-order chi connectivity index (χ1) is 8.88. The minimum atomic E-state index is 0.0823. The van der Waals surface area contributed by atoms with Gasteiger partial charge in [0, 0.05) is 11.1 Å². The first-order valence-corrected chi connectivity index (χ1v) is 9.21. The molecule has 1 saturated heterocycles. The molecule has 2 nitrogen and oxygen atoms in total. The molecular formula is C15H26N2S2. The van der Waals surface area contributed by atoms with Gasteiger partial charge in [0.15, 0.2) is 0 Å². The predicted octanol–water partition coefficient (Wildman–Crippen LogP) is 4.23. The number of thioether (sulfide) groups is 1. The van der Waals surface area contributed by atoms with Gasteiger partial charge in [-0.2, -0.15) is 11.8 Å². The van der Waals surface area contributed by atoms with Crippen molar-refractivity contribution in [3.63, 3.8) is 0 Å². The summed E-state index contributed by atoms with van der Waals surface area (Å²) in [6.45, 7) is 12.4. The van der Waals surface area contributed by atoms with Crippen molar-refractivity contribution in [1.82, 2.24) is 10.3 Å². The summed E-state index contributed by atoms with van der Waals surface area (Å²) in [7, 11) is 0. The Bertz CT molecular complexity index is 422. The second kappa shape index (κ2) is 5.74. The van der Waals surface area contributed by atoms with Gasteiger partial charge in [0.2, 0.25) is 0 Å². The van der Waals surface area contributed by atoms with Crippen molar-refractivity contribution in [3.05, 3.63) is 16.1 Å². The summed E-state index contributed by atoms with van der Waals surface area (Å²) in [5.74, 6) is 2.92. The van der Waals surface area contributed by atoms with Crippen LogP contribution in [0.3, 0.4) is 0 Å². The van der Waals surface area contributed by atoms with Crippen LogP contribution in [0.4, 0.5) is 0 Å². The molecule has 0 spiro atoms. The first-order valence-electron chi connectivity index (χ1n) is 7.17.